The molecule has 7 nitrogen and oxygen atoms in total. The zero-order chi connectivity index (χ0) is 24.1. The van der Waals surface area contributed by atoms with Gasteiger partial charge in [0.2, 0.25) is 0 Å². The molecule has 2 heterocycles. The van der Waals surface area contributed by atoms with Gasteiger partial charge in [0, 0.05) is 31.0 Å². The van der Waals surface area contributed by atoms with Crippen molar-refractivity contribution in [3.8, 4) is 11.5 Å². The first kappa shape index (κ1) is 23.0. The predicted molar refractivity (Wildman–Crippen MR) is 131 cm³/mol. The van der Waals surface area contributed by atoms with Gasteiger partial charge in [0.05, 0.1) is 25.5 Å². The first-order valence-corrected chi connectivity index (χ1v) is 11.1. The maximum Gasteiger partial charge on any atom is 0.282 e. The van der Waals surface area contributed by atoms with E-state index in [1.54, 1.807) is 49.8 Å². The molecule has 0 spiro atoms. The molecule has 2 aromatic carbocycles. The van der Waals surface area contributed by atoms with Gasteiger partial charge >= 0.3 is 0 Å². The van der Waals surface area contributed by atoms with E-state index in [0.717, 1.165) is 5.56 Å². The second-order valence-electron chi connectivity index (χ2n) is 7.73. The molecule has 2 amide bonds. The standard InChI is InChI=1S/C27H27N3O4/c1-4-29(18-15-19-13-16-28-17-14-19)25-24(20-9-5-7-11-22(20)33-2)26(31)30(27(25)32)21-10-6-8-12-23(21)34-3/h5-14,16-17H,4,15,18H2,1-3H3. The van der Waals surface area contributed by atoms with E-state index in [1.165, 1.54) is 12.0 Å². The van der Waals surface area contributed by atoms with Crippen molar-refractivity contribution in [1.29, 1.82) is 0 Å². The number of benzene rings is 2. The Morgan fingerprint density at radius 1 is 0.853 bits per heavy atom. The highest BCUT2D eigenvalue weighted by molar-refractivity contribution is 6.46. The molecule has 0 unspecified atom stereocenters. The fraction of sp³-hybridized carbons (Fsp3) is 0.222. The monoisotopic (exact) mass is 457 g/mol. The van der Waals surface area contributed by atoms with Crippen molar-refractivity contribution in [1.82, 2.24) is 9.88 Å². The minimum Gasteiger partial charge on any atom is -0.496 e. The first-order valence-electron chi connectivity index (χ1n) is 11.1. The number of rotatable bonds is 9. The van der Waals surface area contributed by atoms with Crippen LogP contribution in [0.25, 0.3) is 5.57 Å². The molecular formula is C27H27N3O4. The molecule has 3 aromatic rings. The smallest absolute Gasteiger partial charge is 0.282 e. The molecule has 4 rings (SSSR count). The molecule has 34 heavy (non-hydrogen) atoms. The van der Waals surface area contributed by atoms with Crippen molar-refractivity contribution in [3.05, 3.63) is 89.9 Å². The van der Waals surface area contributed by atoms with Crippen LogP contribution in [0, 0.1) is 0 Å². The van der Waals surface area contributed by atoms with Gasteiger partial charge in [0.1, 0.15) is 17.2 Å². The zero-order valence-corrected chi connectivity index (χ0v) is 19.5. The maximum atomic E-state index is 13.9. The molecule has 0 bridgehead atoms. The van der Waals surface area contributed by atoms with Crippen molar-refractivity contribution in [2.45, 2.75) is 13.3 Å². The van der Waals surface area contributed by atoms with Crippen LogP contribution in [0.5, 0.6) is 11.5 Å². The van der Waals surface area contributed by atoms with Gasteiger partial charge in [0.15, 0.2) is 0 Å². The van der Waals surface area contributed by atoms with Crippen LogP contribution in [0.1, 0.15) is 18.1 Å². The summed E-state index contributed by atoms with van der Waals surface area (Å²) in [5.74, 6) is 0.191. The number of carbonyl (C=O) groups is 2. The molecule has 174 valence electrons. The average Bonchev–Trinajstić information content (AvgIpc) is 3.14. The van der Waals surface area contributed by atoms with Crippen LogP contribution in [0.15, 0.2) is 78.8 Å². The summed E-state index contributed by atoms with van der Waals surface area (Å²) in [6, 6.07) is 18.2. The van der Waals surface area contributed by atoms with Crippen LogP contribution in [0.3, 0.4) is 0 Å². The van der Waals surface area contributed by atoms with Gasteiger partial charge in [-0.05, 0) is 49.2 Å². The van der Waals surface area contributed by atoms with Gasteiger partial charge < -0.3 is 14.4 Å². The number of methoxy groups -OCH3 is 2. The van der Waals surface area contributed by atoms with E-state index >= 15 is 0 Å². The molecule has 7 heteroatoms. The lowest BCUT2D eigenvalue weighted by Crippen LogP contribution is -2.36. The molecule has 1 aliphatic rings. The Kier molecular flexibility index (Phi) is 6.92. The van der Waals surface area contributed by atoms with Crippen molar-refractivity contribution < 1.29 is 19.1 Å². The van der Waals surface area contributed by atoms with E-state index in [2.05, 4.69) is 4.98 Å². The molecule has 1 aliphatic heterocycles. The summed E-state index contributed by atoms with van der Waals surface area (Å²) in [5, 5.41) is 0. The summed E-state index contributed by atoms with van der Waals surface area (Å²) in [6.45, 7) is 3.09. The van der Waals surface area contributed by atoms with Crippen molar-refractivity contribution in [2.24, 2.45) is 0 Å². The van der Waals surface area contributed by atoms with Gasteiger partial charge in [-0.3, -0.25) is 14.6 Å². The number of anilines is 1. The van der Waals surface area contributed by atoms with E-state index in [0.29, 0.717) is 53.5 Å². The highest BCUT2D eigenvalue weighted by Gasteiger charge is 2.43. The van der Waals surface area contributed by atoms with Gasteiger partial charge in [-0.25, -0.2) is 4.90 Å². The first-order chi connectivity index (χ1) is 16.6. The van der Waals surface area contributed by atoms with E-state index in [4.69, 9.17) is 9.47 Å². The minimum absolute atomic E-state index is 0.324. The number of pyridine rings is 1. The molecule has 0 atom stereocenters. The summed E-state index contributed by atoms with van der Waals surface area (Å²) < 4.78 is 11.0. The summed E-state index contributed by atoms with van der Waals surface area (Å²) in [4.78, 5) is 35.0. The number of carbonyl (C=O) groups excluding carboxylic acids is 2. The lowest BCUT2D eigenvalue weighted by Gasteiger charge is -2.25. The Morgan fingerprint density at radius 2 is 1.50 bits per heavy atom. The number of amides is 2. The second-order valence-corrected chi connectivity index (χ2v) is 7.73. The Labute approximate surface area is 199 Å². The van der Waals surface area contributed by atoms with Crippen molar-refractivity contribution in [2.75, 3.05) is 32.2 Å². The summed E-state index contributed by atoms with van der Waals surface area (Å²) in [6.07, 6.45) is 4.20. The number of hydrogen-bond donors (Lipinski definition) is 0. The van der Waals surface area contributed by atoms with Crippen molar-refractivity contribution >= 4 is 23.1 Å². The Balaban J connectivity index is 1.82. The SMILES string of the molecule is CCN(CCc1ccncc1)C1=C(c2ccccc2OC)C(=O)N(c2ccccc2OC)C1=O. The third kappa shape index (κ3) is 4.24. The van der Waals surface area contributed by atoms with Gasteiger partial charge in [-0.1, -0.05) is 30.3 Å². The van der Waals surface area contributed by atoms with Crippen LogP contribution in [-0.4, -0.2) is 49.0 Å². The Bertz CT molecular complexity index is 1220. The average molecular weight is 458 g/mol. The fourth-order valence-electron chi connectivity index (χ4n) is 4.18. The van der Waals surface area contributed by atoms with E-state index < -0.39 is 5.91 Å². The Hall–Kier alpha value is -4.13. The summed E-state index contributed by atoms with van der Waals surface area (Å²) in [7, 11) is 3.08. The number of imide groups is 1. The third-order valence-electron chi connectivity index (χ3n) is 5.88. The minimum atomic E-state index is -0.406. The summed E-state index contributed by atoms with van der Waals surface area (Å²) in [5.41, 5.74) is 2.78. The van der Waals surface area contributed by atoms with E-state index in [1.807, 2.05) is 42.2 Å². The number of aromatic nitrogens is 1. The summed E-state index contributed by atoms with van der Waals surface area (Å²) >= 11 is 0. The van der Waals surface area contributed by atoms with Crippen LogP contribution in [-0.2, 0) is 16.0 Å². The second kappa shape index (κ2) is 10.2. The molecular weight excluding hydrogens is 430 g/mol. The number of likely N-dealkylation sites (N-methyl/N-ethyl adjacent to an activating group) is 1. The molecule has 0 N–H and O–H groups in total. The number of nitrogens with zero attached hydrogens (tertiary/aromatic N) is 3. The van der Waals surface area contributed by atoms with Gasteiger partial charge in [0.25, 0.3) is 11.8 Å². The molecule has 0 fully saturated rings. The topological polar surface area (TPSA) is 72.0 Å². The van der Waals surface area contributed by atoms with Crippen molar-refractivity contribution in [3.63, 3.8) is 0 Å². The number of ether oxygens (including phenoxy) is 2. The largest absolute Gasteiger partial charge is 0.496 e. The van der Waals surface area contributed by atoms with Crippen LogP contribution in [0.4, 0.5) is 5.69 Å². The molecule has 0 saturated heterocycles. The van der Waals surface area contributed by atoms with Gasteiger partial charge in [-0.2, -0.15) is 0 Å². The highest BCUT2D eigenvalue weighted by atomic mass is 16.5. The molecule has 0 radical (unpaired) electrons. The van der Waals surface area contributed by atoms with E-state index in [-0.39, 0.29) is 5.91 Å². The predicted octanol–water partition coefficient (Wildman–Crippen LogP) is 3.95. The van der Waals surface area contributed by atoms with Gasteiger partial charge in [-0.15, -0.1) is 0 Å². The Morgan fingerprint density at radius 3 is 2.18 bits per heavy atom. The van der Waals surface area contributed by atoms with Crippen LogP contribution < -0.4 is 14.4 Å². The lowest BCUT2D eigenvalue weighted by atomic mass is 10.0. The van der Waals surface area contributed by atoms with Crippen LogP contribution in [0.2, 0.25) is 0 Å². The zero-order valence-electron chi connectivity index (χ0n) is 19.5. The number of hydrogen-bond acceptors (Lipinski definition) is 6. The number of para-hydroxylation sites is 3. The third-order valence-corrected chi connectivity index (χ3v) is 5.88. The molecule has 1 aromatic heterocycles. The highest BCUT2D eigenvalue weighted by Crippen LogP contribution is 2.40. The quantitative estimate of drug-likeness (QED) is 0.453. The molecule has 0 aliphatic carbocycles. The molecule has 0 saturated carbocycles. The lowest BCUT2D eigenvalue weighted by molar-refractivity contribution is -0.120. The maximum absolute atomic E-state index is 13.9. The van der Waals surface area contributed by atoms with E-state index in [9.17, 15) is 9.59 Å². The normalized spacial score (nSPS) is 13.4. The fourth-order valence-corrected chi connectivity index (χ4v) is 4.18. The van der Waals surface area contributed by atoms with Crippen LogP contribution >= 0.6 is 0 Å².